The van der Waals surface area contributed by atoms with Gasteiger partial charge in [-0.2, -0.15) is 0 Å². The lowest BCUT2D eigenvalue weighted by molar-refractivity contribution is 0.0639. The number of carbonyl (C=O) groups excluding carboxylic acids is 2. The Balaban J connectivity index is 1.71. The van der Waals surface area contributed by atoms with E-state index in [1.807, 2.05) is 0 Å². The second kappa shape index (κ2) is 7.51. The quantitative estimate of drug-likeness (QED) is 0.606. The molecule has 0 atom stereocenters. The molecule has 7 nitrogen and oxygen atoms in total. The van der Waals surface area contributed by atoms with Crippen LogP contribution in [0, 0.1) is 5.82 Å². The minimum atomic E-state index is -4.27. The van der Waals surface area contributed by atoms with E-state index in [2.05, 4.69) is 9.71 Å². The molecule has 0 radical (unpaired) electrons. The van der Waals surface area contributed by atoms with Crippen LogP contribution in [0.5, 0.6) is 0 Å². The zero-order valence-electron chi connectivity index (χ0n) is 15.2. The molecule has 1 aliphatic heterocycles. The first-order valence-corrected chi connectivity index (χ1v) is 10.5. The number of anilines is 1. The summed E-state index contributed by atoms with van der Waals surface area (Å²) in [6, 6.07) is 12.2. The molecule has 30 heavy (non-hydrogen) atoms. The second-order valence-corrected chi connectivity index (χ2v) is 8.49. The van der Waals surface area contributed by atoms with Crippen molar-refractivity contribution in [2.24, 2.45) is 0 Å². The summed E-state index contributed by atoms with van der Waals surface area (Å²) in [5.74, 6) is -2.04. The molecule has 0 unspecified atom stereocenters. The van der Waals surface area contributed by atoms with Crippen LogP contribution in [-0.4, -0.2) is 30.1 Å². The van der Waals surface area contributed by atoms with E-state index < -0.39 is 32.6 Å². The van der Waals surface area contributed by atoms with Crippen molar-refractivity contribution in [3.63, 3.8) is 0 Å². The number of hydrogen-bond acceptors (Lipinski definition) is 5. The van der Waals surface area contributed by atoms with Crippen molar-refractivity contribution in [1.29, 1.82) is 0 Å². The lowest BCUT2D eigenvalue weighted by atomic mass is 10.2. The minimum absolute atomic E-state index is 0.0109. The van der Waals surface area contributed by atoms with Gasteiger partial charge in [0.1, 0.15) is 11.5 Å². The van der Waals surface area contributed by atoms with Gasteiger partial charge in [0.05, 0.1) is 27.7 Å². The molecule has 1 aliphatic rings. The van der Waals surface area contributed by atoms with Crippen LogP contribution in [0.4, 0.5) is 10.1 Å². The van der Waals surface area contributed by atoms with Crippen LogP contribution in [0.15, 0.2) is 65.7 Å². The Kier molecular flexibility index (Phi) is 5.00. The van der Waals surface area contributed by atoms with Gasteiger partial charge < -0.3 is 0 Å². The van der Waals surface area contributed by atoms with Crippen molar-refractivity contribution in [2.75, 3.05) is 4.72 Å². The number of nitrogens with zero attached hydrogens (tertiary/aromatic N) is 2. The van der Waals surface area contributed by atoms with E-state index in [0.29, 0.717) is 0 Å². The molecule has 0 aliphatic carbocycles. The number of aromatic nitrogens is 1. The summed E-state index contributed by atoms with van der Waals surface area (Å²) >= 11 is 6.01. The van der Waals surface area contributed by atoms with E-state index in [-0.39, 0.29) is 34.1 Å². The van der Waals surface area contributed by atoms with Crippen molar-refractivity contribution < 1.29 is 22.4 Å². The summed E-state index contributed by atoms with van der Waals surface area (Å²) in [5, 5.41) is 0.158. The van der Waals surface area contributed by atoms with Crippen LogP contribution in [0.3, 0.4) is 0 Å². The van der Waals surface area contributed by atoms with E-state index in [0.717, 1.165) is 17.0 Å². The van der Waals surface area contributed by atoms with Gasteiger partial charge in [-0.25, -0.2) is 12.8 Å². The number of amides is 2. The third kappa shape index (κ3) is 3.53. The fourth-order valence-corrected chi connectivity index (χ4v) is 4.64. The van der Waals surface area contributed by atoms with Gasteiger partial charge in [-0.05, 0) is 42.0 Å². The van der Waals surface area contributed by atoms with E-state index in [9.17, 15) is 22.4 Å². The summed E-state index contributed by atoms with van der Waals surface area (Å²) in [7, 11) is -4.27. The molecule has 152 valence electrons. The molecule has 0 spiro atoms. The highest BCUT2D eigenvalue weighted by atomic mass is 35.5. The first-order chi connectivity index (χ1) is 14.3. The zero-order chi connectivity index (χ0) is 21.5. The summed E-state index contributed by atoms with van der Waals surface area (Å²) < 4.78 is 42.1. The van der Waals surface area contributed by atoms with Gasteiger partial charge in [0, 0.05) is 6.20 Å². The van der Waals surface area contributed by atoms with E-state index in [1.54, 1.807) is 12.1 Å². The molecule has 0 saturated carbocycles. The van der Waals surface area contributed by atoms with Crippen molar-refractivity contribution in [3.05, 3.63) is 88.5 Å². The fourth-order valence-electron chi connectivity index (χ4n) is 3.08. The third-order valence-corrected chi connectivity index (χ3v) is 6.27. The number of halogens is 2. The number of benzene rings is 2. The second-order valence-electron chi connectivity index (χ2n) is 6.43. The third-order valence-electron chi connectivity index (χ3n) is 4.50. The lowest BCUT2D eigenvalue weighted by Gasteiger charge is -2.17. The van der Waals surface area contributed by atoms with Gasteiger partial charge in [0.2, 0.25) is 0 Å². The van der Waals surface area contributed by atoms with Crippen molar-refractivity contribution in [3.8, 4) is 0 Å². The van der Waals surface area contributed by atoms with E-state index in [1.165, 1.54) is 36.5 Å². The number of sulfonamides is 1. The summed E-state index contributed by atoms with van der Waals surface area (Å²) in [6.45, 7) is -0.368. The average Bonchev–Trinajstić information content (AvgIpc) is 2.96. The molecule has 0 fully saturated rings. The lowest BCUT2D eigenvalue weighted by Crippen LogP contribution is -2.30. The number of imide groups is 1. The molecule has 4 rings (SSSR count). The maximum atomic E-state index is 13.9. The van der Waals surface area contributed by atoms with Gasteiger partial charge >= 0.3 is 0 Å². The Bertz CT molecular complexity index is 1260. The molecule has 1 N–H and O–H groups in total. The fraction of sp³-hybridized carbons (Fsp3) is 0.0500. The van der Waals surface area contributed by atoms with Crippen LogP contribution in [-0.2, 0) is 16.6 Å². The van der Waals surface area contributed by atoms with Crippen LogP contribution >= 0.6 is 11.6 Å². The molecule has 10 heteroatoms. The maximum absolute atomic E-state index is 13.9. The molecule has 1 aromatic heterocycles. The first-order valence-electron chi connectivity index (χ1n) is 8.65. The Hall–Kier alpha value is -3.30. The molecular formula is C20H13ClFN3O4S. The Morgan fingerprint density at radius 2 is 1.80 bits per heavy atom. The molecule has 0 bridgehead atoms. The van der Waals surface area contributed by atoms with Crippen molar-refractivity contribution in [1.82, 2.24) is 9.88 Å². The molecule has 2 amide bonds. The SMILES string of the molecule is O=C1c2cccnc2C(=O)N1Cc1ccc(F)cc1S(=O)(=O)Nc1ccccc1Cl. The van der Waals surface area contributed by atoms with E-state index in [4.69, 9.17) is 11.6 Å². The van der Waals surface area contributed by atoms with Gasteiger partial charge in [-0.1, -0.05) is 29.8 Å². The molecule has 2 aromatic carbocycles. The van der Waals surface area contributed by atoms with Crippen molar-refractivity contribution in [2.45, 2.75) is 11.4 Å². The Morgan fingerprint density at radius 1 is 1.03 bits per heavy atom. The number of pyridine rings is 1. The highest BCUT2D eigenvalue weighted by Crippen LogP contribution is 2.28. The predicted octanol–water partition coefficient (Wildman–Crippen LogP) is 3.47. The predicted molar refractivity (Wildman–Crippen MR) is 107 cm³/mol. The van der Waals surface area contributed by atoms with Gasteiger partial charge in [-0.3, -0.25) is 24.2 Å². The molecule has 3 aromatic rings. The highest BCUT2D eigenvalue weighted by molar-refractivity contribution is 7.92. The van der Waals surface area contributed by atoms with Crippen molar-refractivity contribution >= 4 is 39.1 Å². The molecular weight excluding hydrogens is 433 g/mol. The van der Waals surface area contributed by atoms with E-state index >= 15 is 0 Å². The number of para-hydroxylation sites is 1. The van der Waals surface area contributed by atoms with Crippen LogP contribution in [0.25, 0.3) is 0 Å². The summed E-state index contributed by atoms with van der Waals surface area (Å²) in [5.41, 5.74) is 0.288. The average molecular weight is 446 g/mol. The number of nitrogens with one attached hydrogen (secondary N) is 1. The zero-order valence-corrected chi connectivity index (χ0v) is 16.7. The van der Waals surface area contributed by atoms with Gasteiger partial charge in [-0.15, -0.1) is 0 Å². The Labute approximate surface area is 176 Å². The molecule has 0 saturated heterocycles. The van der Waals surface area contributed by atoms with Gasteiger partial charge in [0.25, 0.3) is 21.8 Å². The van der Waals surface area contributed by atoms with Crippen LogP contribution in [0.2, 0.25) is 5.02 Å². The van der Waals surface area contributed by atoms with Crippen LogP contribution < -0.4 is 4.72 Å². The number of carbonyl (C=O) groups is 2. The number of rotatable bonds is 5. The minimum Gasteiger partial charge on any atom is -0.278 e. The van der Waals surface area contributed by atoms with Crippen LogP contribution in [0.1, 0.15) is 26.4 Å². The Morgan fingerprint density at radius 3 is 2.53 bits per heavy atom. The monoisotopic (exact) mass is 445 g/mol. The first kappa shape index (κ1) is 20.0. The molecule has 2 heterocycles. The standard InChI is InChI=1S/C20H13ClFN3O4S/c21-15-5-1-2-6-16(15)24-30(28,29)17-10-13(22)8-7-12(17)11-25-19(26)14-4-3-9-23-18(14)20(25)27/h1-10,24H,11H2. The van der Waals surface area contributed by atoms with Gasteiger partial charge in [0.15, 0.2) is 0 Å². The maximum Gasteiger partial charge on any atom is 0.280 e. The summed E-state index contributed by atoms with van der Waals surface area (Å²) in [6.07, 6.45) is 1.38. The number of fused-ring (bicyclic) bond motifs is 1. The summed E-state index contributed by atoms with van der Waals surface area (Å²) in [4.78, 5) is 29.5. The normalized spacial score (nSPS) is 13.5. The largest absolute Gasteiger partial charge is 0.280 e. The number of hydrogen-bond donors (Lipinski definition) is 1. The highest BCUT2D eigenvalue weighted by Gasteiger charge is 2.37. The smallest absolute Gasteiger partial charge is 0.278 e. The topological polar surface area (TPSA) is 96.4 Å².